The molecular formula is C11H16N4. The Bertz CT molecular complexity index is 459. The van der Waals surface area contributed by atoms with Gasteiger partial charge in [-0.2, -0.15) is 0 Å². The van der Waals surface area contributed by atoms with Crippen molar-refractivity contribution >= 4 is 16.9 Å². The molecule has 80 valence electrons. The van der Waals surface area contributed by atoms with Gasteiger partial charge in [-0.1, -0.05) is 13.8 Å². The summed E-state index contributed by atoms with van der Waals surface area (Å²) in [4.78, 5) is 11.3. The lowest BCUT2D eigenvalue weighted by Gasteiger charge is -2.03. The lowest BCUT2D eigenvalue weighted by molar-refractivity contribution is 0.588. The molecule has 0 aliphatic heterocycles. The van der Waals surface area contributed by atoms with Crippen LogP contribution in [0.2, 0.25) is 0 Å². The molecule has 0 saturated heterocycles. The molecule has 0 bridgehead atoms. The molecular weight excluding hydrogens is 188 g/mol. The number of anilines is 1. The van der Waals surface area contributed by atoms with Gasteiger partial charge in [-0.05, 0) is 24.3 Å². The molecule has 0 fully saturated rings. The third kappa shape index (κ3) is 1.93. The molecule has 15 heavy (non-hydrogen) atoms. The SMILES string of the molecule is CC(C)CCc1c[nH]c2ncnc(N)c12. The molecule has 0 aromatic carbocycles. The van der Waals surface area contributed by atoms with Crippen molar-refractivity contribution in [2.75, 3.05) is 5.73 Å². The number of hydrogen-bond acceptors (Lipinski definition) is 3. The number of nitrogens with two attached hydrogens (primary N) is 1. The number of aryl methyl sites for hydroxylation is 1. The van der Waals surface area contributed by atoms with E-state index in [2.05, 4.69) is 28.8 Å². The van der Waals surface area contributed by atoms with Gasteiger partial charge in [0, 0.05) is 6.20 Å². The normalized spacial score (nSPS) is 11.4. The van der Waals surface area contributed by atoms with E-state index in [0.29, 0.717) is 11.7 Å². The highest BCUT2D eigenvalue weighted by Gasteiger charge is 2.08. The molecule has 2 aromatic rings. The van der Waals surface area contributed by atoms with Gasteiger partial charge in [-0.15, -0.1) is 0 Å². The van der Waals surface area contributed by atoms with Gasteiger partial charge in [-0.25, -0.2) is 9.97 Å². The maximum Gasteiger partial charge on any atom is 0.143 e. The van der Waals surface area contributed by atoms with Crippen LogP contribution in [0.5, 0.6) is 0 Å². The summed E-state index contributed by atoms with van der Waals surface area (Å²) in [5.74, 6) is 1.26. The number of fused-ring (bicyclic) bond motifs is 1. The molecule has 0 atom stereocenters. The van der Waals surface area contributed by atoms with Crippen molar-refractivity contribution in [3.63, 3.8) is 0 Å². The molecule has 2 aromatic heterocycles. The predicted molar refractivity (Wildman–Crippen MR) is 61.5 cm³/mol. The molecule has 0 aliphatic rings. The second kappa shape index (κ2) is 3.88. The molecule has 2 rings (SSSR count). The quantitative estimate of drug-likeness (QED) is 0.804. The Morgan fingerprint density at radius 1 is 1.40 bits per heavy atom. The first-order valence-corrected chi connectivity index (χ1v) is 5.25. The van der Waals surface area contributed by atoms with Crippen LogP contribution in [0.15, 0.2) is 12.5 Å². The first-order chi connectivity index (χ1) is 7.18. The number of hydrogen-bond donors (Lipinski definition) is 2. The topological polar surface area (TPSA) is 67.6 Å². The minimum absolute atomic E-state index is 0.569. The van der Waals surface area contributed by atoms with Crippen LogP contribution in [0.4, 0.5) is 5.82 Å². The van der Waals surface area contributed by atoms with Gasteiger partial charge >= 0.3 is 0 Å². The smallest absolute Gasteiger partial charge is 0.143 e. The first-order valence-electron chi connectivity index (χ1n) is 5.25. The lowest BCUT2D eigenvalue weighted by Crippen LogP contribution is -1.95. The van der Waals surface area contributed by atoms with Gasteiger partial charge in [0.1, 0.15) is 17.8 Å². The molecule has 3 N–H and O–H groups in total. The Morgan fingerprint density at radius 3 is 2.93 bits per heavy atom. The highest BCUT2D eigenvalue weighted by molar-refractivity contribution is 5.89. The fourth-order valence-electron chi connectivity index (χ4n) is 1.69. The summed E-state index contributed by atoms with van der Waals surface area (Å²) in [7, 11) is 0. The van der Waals surface area contributed by atoms with Crippen LogP contribution in [-0.2, 0) is 6.42 Å². The van der Waals surface area contributed by atoms with E-state index in [1.807, 2.05) is 6.20 Å². The van der Waals surface area contributed by atoms with Gasteiger partial charge < -0.3 is 10.7 Å². The number of nitrogens with one attached hydrogen (secondary N) is 1. The maximum absolute atomic E-state index is 5.84. The number of rotatable bonds is 3. The minimum Gasteiger partial charge on any atom is -0.383 e. The molecule has 0 spiro atoms. The average molecular weight is 204 g/mol. The summed E-state index contributed by atoms with van der Waals surface area (Å²) in [5.41, 5.74) is 7.89. The summed E-state index contributed by atoms with van der Waals surface area (Å²) in [6, 6.07) is 0. The van der Waals surface area contributed by atoms with Crippen molar-refractivity contribution in [1.82, 2.24) is 15.0 Å². The van der Waals surface area contributed by atoms with E-state index < -0.39 is 0 Å². The summed E-state index contributed by atoms with van der Waals surface area (Å²) < 4.78 is 0. The van der Waals surface area contributed by atoms with Crippen molar-refractivity contribution in [3.05, 3.63) is 18.1 Å². The first kappa shape index (κ1) is 9.96. The zero-order valence-electron chi connectivity index (χ0n) is 9.12. The third-order valence-electron chi connectivity index (χ3n) is 2.57. The number of nitrogen functional groups attached to an aromatic ring is 1. The van der Waals surface area contributed by atoms with Crippen LogP contribution in [0.1, 0.15) is 25.8 Å². The monoisotopic (exact) mass is 204 g/mol. The largest absolute Gasteiger partial charge is 0.383 e. The maximum atomic E-state index is 5.84. The van der Waals surface area contributed by atoms with Gasteiger partial charge in [0.2, 0.25) is 0 Å². The van der Waals surface area contributed by atoms with E-state index in [1.165, 1.54) is 11.9 Å². The number of aromatic amines is 1. The molecule has 0 amide bonds. The standard InChI is InChI=1S/C11H16N4/c1-7(2)3-4-8-5-13-11-9(8)10(12)14-6-15-11/h5-7H,3-4H2,1-2H3,(H3,12,13,14,15). The fraction of sp³-hybridized carbons (Fsp3) is 0.455. The zero-order chi connectivity index (χ0) is 10.8. The lowest BCUT2D eigenvalue weighted by atomic mass is 10.0. The fourth-order valence-corrected chi connectivity index (χ4v) is 1.69. The molecule has 0 saturated carbocycles. The van der Waals surface area contributed by atoms with E-state index in [-0.39, 0.29) is 0 Å². The van der Waals surface area contributed by atoms with E-state index in [0.717, 1.165) is 23.9 Å². The van der Waals surface area contributed by atoms with E-state index >= 15 is 0 Å². The van der Waals surface area contributed by atoms with Gasteiger partial charge in [0.05, 0.1) is 5.39 Å². The molecule has 2 heterocycles. The number of H-pyrrole nitrogens is 1. The van der Waals surface area contributed by atoms with Crippen LogP contribution in [0.25, 0.3) is 11.0 Å². The van der Waals surface area contributed by atoms with Crippen LogP contribution < -0.4 is 5.73 Å². The van der Waals surface area contributed by atoms with Crippen LogP contribution >= 0.6 is 0 Å². The summed E-state index contributed by atoms with van der Waals surface area (Å²) >= 11 is 0. The Morgan fingerprint density at radius 2 is 2.20 bits per heavy atom. The second-order valence-electron chi connectivity index (χ2n) is 4.23. The van der Waals surface area contributed by atoms with E-state index in [4.69, 9.17) is 5.73 Å². The van der Waals surface area contributed by atoms with Gasteiger partial charge in [0.15, 0.2) is 0 Å². The van der Waals surface area contributed by atoms with Crippen LogP contribution in [-0.4, -0.2) is 15.0 Å². The van der Waals surface area contributed by atoms with Crippen molar-refractivity contribution in [2.45, 2.75) is 26.7 Å². The Hall–Kier alpha value is -1.58. The summed E-state index contributed by atoms with van der Waals surface area (Å²) in [6.07, 6.45) is 5.65. The van der Waals surface area contributed by atoms with Crippen molar-refractivity contribution in [2.24, 2.45) is 5.92 Å². The third-order valence-corrected chi connectivity index (χ3v) is 2.57. The van der Waals surface area contributed by atoms with E-state index in [1.54, 1.807) is 0 Å². The Kier molecular flexibility index (Phi) is 2.58. The van der Waals surface area contributed by atoms with Crippen molar-refractivity contribution < 1.29 is 0 Å². The molecule has 0 unspecified atom stereocenters. The Labute approximate surface area is 88.9 Å². The second-order valence-corrected chi connectivity index (χ2v) is 4.23. The van der Waals surface area contributed by atoms with Crippen molar-refractivity contribution in [3.8, 4) is 0 Å². The summed E-state index contributed by atoms with van der Waals surface area (Å²) in [5, 5.41) is 0.984. The highest BCUT2D eigenvalue weighted by Crippen LogP contribution is 2.22. The molecule has 4 nitrogen and oxygen atoms in total. The number of aromatic nitrogens is 3. The number of nitrogens with zero attached hydrogens (tertiary/aromatic N) is 2. The van der Waals surface area contributed by atoms with Crippen LogP contribution in [0, 0.1) is 5.92 Å². The summed E-state index contributed by atoms with van der Waals surface area (Å²) in [6.45, 7) is 4.43. The Balaban J connectivity index is 2.35. The molecule has 0 aliphatic carbocycles. The van der Waals surface area contributed by atoms with E-state index in [9.17, 15) is 0 Å². The highest BCUT2D eigenvalue weighted by atomic mass is 15.0. The molecule has 0 radical (unpaired) electrons. The minimum atomic E-state index is 0.569. The van der Waals surface area contributed by atoms with Gasteiger partial charge in [-0.3, -0.25) is 0 Å². The van der Waals surface area contributed by atoms with Crippen molar-refractivity contribution in [1.29, 1.82) is 0 Å². The zero-order valence-corrected chi connectivity index (χ0v) is 9.12. The molecule has 4 heteroatoms. The predicted octanol–water partition coefficient (Wildman–Crippen LogP) is 2.13. The average Bonchev–Trinajstić information content (AvgIpc) is 2.59. The van der Waals surface area contributed by atoms with Gasteiger partial charge in [0.25, 0.3) is 0 Å². The van der Waals surface area contributed by atoms with Crippen LogP contribution in [0.3, 0.4) is 0 Å².